The van der Waals surface area contributed by atoms with Gasteiger partial charge in [0.25, 0.3) is 5.56 Å². The van der Waals surface area contributed by atoms with Crippen LogP contribution in [0.15, 0.2) is 39.9 Å². The van der Waals surface area contributed by atoms with Gasteiger partial charge in [0.2, 0.25) is 5.91 Å². The number of hydrogen-bond acceptors (Lipinski definition) is 5. The maximum atomic E-state index is 12.9. The topological polar surface area (TPSA) is 101 Å². The van der Waals surface area contributed by atoms with E-state index in [1.807, 2.05) is 30.3 Å². The van der Waals surface area contributed by atoms with Crippen molar-refractivity contribution in [2.24, 2.45) is 0 Å². The second-order valence-electron chi connectivity index (χ2n) is 7.27. The average Bonchev–Trinajstić information content (AvgIpc) is 2.74. The van der Waals surface area contributed by atoms with E-state index in [0.29, 0.717) is 17.5 Å². The SMILES string of the molecule is CCN(C(=O)CSC1CCCCC1)c1c(N)n(Cc2ccccc2)c(=O)[nH]c1=O. The van der Waals surface area contributed by atoms with Gasteiger partial charge in [-0.1, -0.05) is 49.6 Å². The molecule has 0 radical (unpaired) electrons. The van der Waals surface area contributed by atoms with Gasteiger partial charge in [-0.25, -0.2) is 4.79 Å². The van der Waals surface area contributed by atoms with Crippen LogP contribution in [0.2, 0.25) is 0 Å². The monoisotopic (exact) mass is 416 g/mol. The zero-order valence-corrected chi connectivity index (χ0v) is 17.5. The number of nitrogens with zero attached hydrogens (tertiary/aromatic N) is 2. The predicted octanol–water partition coefficient (Wildman–Crippen LogP) is 2.59. The highest BCUT2D eigenvalue weighted by atomic mass is 32.2. The number of anilines is 2. The van der Waals surface area contributed by atoms with Crippen LogP contribution in [0.25, 0.3) is 0 Å². The molecule has 3 rings (SSSR count). The van der Waals surface area contributed by atoms with Gasteiger partial charge in [0, 0.05) is 11.8 Å². The minimum atomic E-state index is -0.630. The number of H-pyrrole nitrogens is 1. The Morgan fingerprint density at radius 3 is 2.55 bits per heavy atom. The Morgan fingerprint density at radius 1 is 1.21 bits per heavy atom. The first-order valence-electron chi connectivity index (χ1n) is 10.1. The quantitative estimate of drug-likeness (QED) is 0.722. The van der Waals surface area contributed by atoms with Gasteiger partial charge in [0.05, 0.1) is 12.3 Å². The van der Waals surface area contributed by atoms with E-state index in [2.05, 4.69) is 4.98 Å². The number of rotatable bonds is 7. The number of aromatic nitrogens is 2. The summed E-state index contributed by atoms with van der Waals surface area (Å²) in [4.78, 5) is 41.5. The minimum absolute atomic E-state index is 0.0143. The fourth-order valence-corrected chi connectivity index (χ4v) is 4.92. The van der Waals surface area contributed by atoms with Crippen molar-refractivity contribution in [3.05, 3.63) is 56.7 Å². The molecule has 7 nitrogen and oxygen atoms in total. The molecule has 0 bridgehead atoms. The fraction of sp³-hybridized carbons (Fsp3) is 0.476. The molecule has 0 atom stereocenters. The maximum Gasteiger partial charge on any atom is 0.330 e. The average molecular weight is 417 g/mol. The molecule has 1 heterocycles. The van der Waals surface area contributed by atoms with E-state index in [4.69, 9.17) is 5.73 Å². The molecule has 3 N–H and O–H groups in total. The molecule has 0 saturated heterocycles. The zero-order valence-electron chi connectivity index (χ0n) is 16.7. The molecule has 0 aliphatic heterocycles. The molecule has 1 saturated carbocycles. The van der Waals surface area contributed by atoms with Crippen LogP contribution in [0.5, 0.6) is 0 Å². The number of benzene rings is 1. The largest absolute Gasteiger partial charge is 0.383 e. The first kappa shape index (κ1) is 21.2. The second-order valence-corrected chi connectivity index (χ2v) is 8.56. The van der Waals surface area contributed by atoms with E-state index < -0.39 is 11.2 Å². The molecule has 0 unspecified atom stereocenters. The van der Waals surface area contributed by atoms with Gasteiger partial charge in [0.1, 0.15) is 5.82 Å². The number of hydrogen-bond donors (Lipinski definition) is 2. The molecule has 1 aromatic heterocycles. The molecule has 1 fully saturated rings. The third kappa shape index (κ3) is 5.12. The summed E-state index contributed by atoms with van der Waals surface area (Å²) in [5.41, 5.74) is 5.94. The number of thioether (sulfide) groups is 1. The van der Waals surface area contributed by atoms with E-state index in [9.17, 15) is 14.4 Å². The highest BCUT2D eigenvalue weighted by Gasteiger charge is 2.24. The Bertz CT molecular complexity index is 949. The molecular formula is C21H28N4O3S. The third-order valence-electron chi connectivity index (χ3n) is 5.28. The molecule has 1 aliphatic carbocycles. The van der Waals surface area contributed by atoms with Crippen LogP contribution in [-0.4, -0.2) is 33.0 Å². The van der Waals surface area contributed by atoms with Gasteiger partial charge in [-0.3, -0.25) is 19.1 Å². The Balaban J connectivity index is 1.84. The van der Waals surface area contributed by atoms with Crippen LogP contribution in [0, 0.1) is 0 Å². The van der Waals surface area contributed by atoms with E-state index >= 15 is 0 Å². The molecule has 1 amide bonds. The van der Waals surface area contributed by atoms with Crippen molar-refractivity contribution in [3.8, 4) is 0 Å². The zero-order chi connectivity index (χ0) is 20.8. The first-order valence-corrected chi connectivity index (χ1v) is 11.1. The maximum absolute atomic E-state index is 12.9. The normalized spacial score (nSPS) is 14.7. The van der Waals surface area contributed by atoms with Gasteiger partial charge in [-0.05, 0) is 25.3 Å². The molecule has 156 valence electrons. The van der Waals surface area contributed by atoms with Gasteiger partial charge >= 0.3 is 5.69 Å². The van der Waals surface area contributed by atoms with Crippen LogP contribution in [0.3, 0.4) is 0 Å². The van der Waals surface area contributed by atoms with Gasteiger partial charge < -0.3 is 10.6 Å². The van der Waals surface area contributed by atoms with Crippen molar-refractivity contribution in [3.63, 3.8) is 0 Å². The van der Waals surface area contributed by atoms with Crippen molar-refractivity contribution in [1.29, 1.82) is 0 Å². The first-order chi connectivity index (χ1) is 14.0. The Labute approximate surface area is 174 Å². The second kappa shape index (κ2) is 9.82. The van der Waals surface area contributed by atoms with E-state index in [-0.39, 0.29) is 24.0 Å². The van der Waals surface area contributed by atoms with Crippen LogP contribution in [0.1, 0.15) is 44.6 Å². The number of nitrogens with one attached hydrogen (secondary N) is 1. The Hall–Kier alpha value is -2.48. The number of carbonyl (C=O) groups excluding carboxylic acids is 1. The molecular weight excluding hydrogens is 388 g/mol. The van der Waals surface area contributed by atoms with Gasteiger partial charge in [0.15, 0.2) is 5.69 Å². The van der Waals surface area contributed by atoms with Crippen molar-refractivity contribution in [1.82, 2.24) is 9.55 Å². The number of nitrogen functional groups attached to an aromatic ring is 1. The number of carbonyl (C=O) groups is 1. The number of aromatic amines is 1. The van der Waals surface area contributed by atoms with Crippen LogP contribution >= 0.6 is 11.8 Å². The molecule has 8 heteroatoms. The third-order valence-corrected chi connectivity index (χ3v) is 6.64. The summed E-state index contributed by atoms with van der Waals surface area (Å²) in [6.45, 7) is 2.33. The Morgan fingerprint density at radius 2 is 1.90 bits per heavy atom. The summed E-state index contributed by atoms with van der Waals surface area (Å²) >= 11 is 1.65. The number of nitrogens with two attached hydrogens (primary N) is 1. The van der Waals surface area contributed by atoms with Crippen molar-refractivity contribution in [2.45, 2.75) is 50.8 Å². The highest BCUT2D eigenvalue weighted by molar-refractivity contribution is 8.00. The molecule has 29 heavy (non-hydrogen) atoms. The van der Waals surface area contributed by atoms with Gasteiger partial charge in [-0.15, -0.1) is 11.8 Å². The number of amides is 1. The molecule has 0 spiro atoms. The van der Waals surface area contributed by atoms with Crippen LogP contribution < -0.4 is 21.9 Å². The summed E-state index contributed by atoms with van der Waals surface area (Å²) in [7, 11) is 0. The van der Waals surface area contributed by atoms with Gasteiger partial charge in [-0.2, -0.15) is 0 Å². The van der Waals surface area contributed by atoms with Crippen LogP contribution in [0.4, 0.5) is 11.5 Å². The molecule has 1 aromatic carbocycles. The Kier molecular flexibility index (Phi) is 7.19. The van der Waals surface area contributed by atoms with E-state index in [0.717, 1.165) is 18.4 Å². The minimum Gasteiger partial charge on any atom is -0.383 e. The standard InChI is InChI=1S/C21H28N4O3S/c1-2-24(17(26)14-29-16-11-7-4-8-12-16)18-19(22)25(21(28)23-20(18)27)13-15-9-5-3-6-10-15/h3,5-6,9-10,16H,2,4,7-8,11-14,22H2,1H3,(H,23,27,28). The molecule has 1 aliphatic rings. The lowest BCUT2D eigenvalue weighted by atomic mass is 10.0. The van der Waals surface area contributed by atoms with E-state index in [1.165, 1.54) is 28.7 Å². The smallest absolute Gasteiger partial charge is 0.330 e. The van der Waals surface area contributed by atoms with Crippen molar-refractivity contribution >= 4 is 29.2 Å². The summed E-state index contributed by atoms with van der Waals surface area (Å²) in [5.74, 6) is 0.153. The summed E-state index contributed by atoms with van der Waals surface area (Å²) in [5, 5.41) is 0.495. The lowest BCUT2D eigenvalue weighted by Crippen LogP contribution is -2.42. The highest BCUT2D eigenvalue weighted by Crippen LogP contribution is 2.29. The lowest BCUT2D eigenvalue weighted by molar-refractivity contribution is -0.116. The molecule has 2 aromatic rings. The summed E-state index contributed by atoms with van der Waals surface area (Å²) in [6, 6.07) is 9.37. The predicted molar refractivity (Wildman–Crippen MR) is 119 cm³/mol. The van der Waals surface area contributed by atoms with E-state index in [1.54, 1.807) is 18.7 Å². The summed E-state index contributed by atoms with van der Waals surface area (Å²) in [6.07, 6.45) is 5.95. The summed E-state index contributed by atoms with van der Waals surface area (Å²) < 4.78 is 1.30. The van der Waals surface area contributed by atoms with Crippen molar-refractivity contribution in [2.75, 3.05) is 22.9 Å². The van der Waals surface area contributed by atoms with Crippen molar-refractivity contribution < 1.29 is 4.79 Å². The lowest BCUT2D eigenvalue weighted by Gasteiger charge is -2.25. The fourth-order valence-electron chi connectivity index (χ4n) is 3.72. The van der Waals surface area contributed by atoms with Crippen LogP contribution in [-0.2, 0) is 11.3 Å².